The van der Waals surface area contributed by atoms with Crippen molar-refractivity contribution < 1.29 is 9.53 Å². The average molecular weight is 214 g/mol. The van der Waals surface area contributed by atoms with Crippen LogP contribution < -0.4 is 0 Å². The third kappa shape index (κ3) is 9.43. The molecule has 0 spiro atoms. The van der Waals surface area contributed by atoms with E-state index in [0.29, 0.717) is 6.61 Å². The van der Waals surface area contributed by atoms with E-state index in [2.05, 4.69) is 9.80 Å². The van der Waals surface area contributed by atoms with E-state index in [-0.39, 0.29) is 5.97 Å². The Balaban J connectivity index is 3.60. The highest BCUT2D eigenvalue weighted by Gasteiger charge is 1.97. The van der Waals surface area contributed by atoms with Crippen LogP contribution in [0.25, 0.3) is 0 Å². The number of carbonyl (C=O) groups is 1. The van der Waals surface area contributed by atoms with E-state index >= 15 is 0 Å². The van der Waals surface area contributed by atoms with Gasteiger partial charge in [0.25, 0.3) is 0 Å². The molecule has 0 aromatic rings. The topological polar surface area (TPSA) is 32.8 Å². The molecule has 0 heterocycles. The second-order valence-electron chi connectivity index (χ2n) is 3.72. The quantitative estimate of drug-likeness (QED) is 0.459. The van der Waals surface area contributed by atoms with Crippen LogP contribution in [0.1, 0.15) is 6.92 Å². The largest absolute Gasteiger partial charge is 0.463 e. The molecule has 15 heavy (non-hydrogen) atoms. The SMILES string of the molecule is CCOC(=O)/C=C/CN(C)CCN(C)C. The highest BCUT2D eigenvalue weighted by atomic mass is 16.5. The van der Waals surface area contributed by atoms with Crippen molar-refractivity contribution in [2.45, 2.75) is 6.92 Å². The Labute approximate surface area is 92.5 Å². The Bertz CT molecular complexity index is 203. The van der Waals surface area contributed by atoms with Crippen LogP contribution in [0.5, 0.6) is 0 Å². The van der Waals surface area contributed by atoms with E-state index in [9.17, 15) is 4.79 Å². The highest BCUT2D eigenvalue weighted by molar-refractivity contribution is 5.81. The summed E-state index contributed by atoms with van der Waals surface area (Å²) in [4.78, 5) is 15.2. The third-order valence-electron chi connectivity index (χ3n) is 1.89. The van der Waals surface area contributed by atoms with E-state index in [1.807, 2.05) is 27.2 Å². The van der Waals surface area contributed by atoms with Crippen LogP contribution in [0.15, 0.2) is 12.2 Å². The zero-order chi connectivity index (χ0) is 11.7. The van der Waals surface area contributed by atoms with Crippen LogP contribution in [0.4, 0.5) is 0 Å². The first-order valence-electron chi connectivity index (χ1n) is 5.22. The first-order chi connectivity index (χ1) is 7.06. The lowest BCUT2D eigenvalue weighted by molar-refractivity contribution is -0.137. The Morgan fingerprint density at radius 3 is 2.47 bits per heavy atom. The average Bonchev–Trinajstić information content (AvgIpc) is 2.15. The predicted molar refractivity (Wildman–Crippen MR) is 61.8 cm³/mol. The lowest BCUT2D eigenvalue weighted by atomic mass is 10.4. The zero-order valence-corrected chi connectivity index (χ0v) is 10.2. The molecule has 0 aliphatic rings. The van der Waals surface area contributed by atoms with Gasteiger partial charge in [-0.15, -0.1) is 0 Å². The smallest absolute Gasteiger partial charge is 0.330 e. The van der Waals surface area contributed by atoms with Gasteiger partial charge in [-0.3, -0.25) is 0 Å². The van der Waals surface area contributed by atoms with E-state index in [1.54, 1.807) is 6.92 Å². The number of nitrogens with zero attached hydrogens (tertiary/aromatic N) is 2. The van der Waals surface area contributed by atoms with E-state index in [4.69, 9.17) is 4.74 Å². The molecule has 0 amide bonds. The number of hydrogen-bond donors (Lipinski definition) is 0. The van der Waals surface area contributed by atoms with Crippen LogP contribution >= 0.6 is 0 Å². The molecule has 0 saturated carbocycles. The zero-order valence-electron chi connectivity index (χ0n) is 10.2. The number of rotatable bonds is 7. The van der Waals surface area contributed by atoms with Gasteiger partial charge in [0.1, 0.15) is 0 Å². The predicted octanol–water partition coefficient (Wildman–Crippen LogP) is 0.599. The van der Waals surface area contributed by atoms with Gasteiger partial charge in [-0.05, 0) is 28.1 Å². The minimum Gasteiger partial charge on any atom is -0.463 e. The Kier molecular flexibility index (Phi) is 7.95. The summed E-state index contributed by atoms with van der Waals surface area (Å²) in [6.45, 7) is 5.01. The maximum atomic E-state index is 11.0. The van der Waals surface area contributed by atoms with Crippen LogP contribution in [-0.4, -0.2) is 63.2 Å². The van der Waals surface area contributed by atoms with Crippen molar-refractivity contribution >= 4 is 5.97 Å². The molecule has 0 bridgehead atoms. The summed E-state index contributed by atoms with van der Waals surface area (Å²) in [5.74, 6) is -0.265. The second-order valence-corrected chi connectivity index (χ2v) is 3.72. The minimum absolute atomic E-state index is 0.265. The van der Waals surface area contributed by atoms with Gasteiger partial charge in [0, 0.05) is 25.7 Å². The van der Waals surface area contributed by atoms with Gasteiger partial charge >= 0.3 is 5.97 Å². The van der Waals surface area contributed by atoms with Gasteiger partial charge in [-0.25, -0.2) is 4.79 Å². The molecule has 0 rings (SSSR count). The van der Waals surface area contributed by atoms with Crippen molar-refractivity contribution in [2.75, 3.05) is 47.4 Å². The lowest BCUT2D eigenvalue weighted by Crippen LogP contribution is -2.28. The maximum Gasteiger partial charge on any atom is 0.330 e. The van der Waals surface area contributed by atoms with Crippen LogP contribution in [0.2, 0.25) is 0 Å². The molecule has 4 heteroatoms. The summed E-state index contributed by atoms with van der Waals surface area (Å²) in [5.41, 5.74) is 0. The molecule has 0 aromatic carbocycles. The van der Waals surface area contributed by atoms with Crippen molar-refractivity contribution in [1.82, 2.24) is 9.80 Å². The summed E-state index contributed by atoms with van der Waals surface area (Å²) < 4.78 is 4.77. The normalized spacial score (nSPS) is 11.6. The molecule has 0 aliphatic heterocycles. The molecule has 0 radical (unpaired) electrons. The van der Waals surface area contributed by atoms with E-state index in [1.165, 1.54) is 6.08 Å². The molecular formula is C11H22N2O2. The van der Waals surface area contributed by atoms with Gasteiger partial charge in [0.05, 0.1) is 6.61 Å². The van der Waals surface area contributed by atoms with Gasteiger partial charge in [-0.2, -0.15) is 0 Å². The summed E-state index contributed by atoms with van der Waals surface area (Å²) in [6.07, 6.45) is 3.31. The Hall–Kier alpha value is -0.870. The molecule has 4 nitrogen and oxygen atoms in total. The molecular weight excluding hydrogens is 192 g/mol. The molecule has 0 atom stereocenters. The summed E-state index contributed by atoms with van der Waals surface area (Å²) >= 11 is 0. The van der Waals surface area contributed by atoms with Crippen molar-refractivity contribution in [2.24, 2.45) is 0 Å². The molecule has 0 N–H and O–H groups in total. The second kappa shape index (κ2) is 8.44. The molecule has 0 unspecified atom stereocenters. The highest BCUT2D eigenvalue weighted by Crippen LogP contribution is 1.87. The lowest BCUT2D eigenvalue weighted by Gasteiger charge is -2.17. The van der Waals surface area contributed by atoms with E-state index < -0.39 is 0 Å². The van der Waals surface area contributed by atoms with E-state index in [0.717, 1.165) is 19.6 Å². The van der Waals surface area contributed by atoms with Crippen LogP contribution in [-0.2, 0) is 9.53 Å². The molecule has 0 aromatic heterocycles. The standard InChI is InChI=1S/C11H22N2O2/c1-5-15-11(14)7-6-8-13(4)10-9-12(2)3/h6-7H,5,8-10H2,1-4H3/b7-6+. The minimum atomic E-state index is -0.265. The summed E-state index contributed by atoms with van der Waals surface area (Å²) in [6, 6.07) is 0. The van der Waals surface area contributed by atoms with Crippen molar-refractivity contribution in [3.63, 3.8) is 0 Å². The first-order valence-corrected chi connectivity index (χ1v) is 5.22. The summed E-state index contributed by atoms with van der Waals surface area (Å²) in [7, 11) is 6.11. The number of carbonyl (C=O) groups excluding carboxylic acids is 1. The van der Waals surface area contributed by atoms with Crippen molar-refractivity contribution in [1.29, 1.82) is 0 Å². The first kappa shape index (κ1) is 14.1. The third-order valence-corrected chi connectivity index (χ3v) is 1.89. The van der Waals surface area contributed by atoms with Crippen LogP contribution in [0, 0.1) is 0 Å². The van der Waals surface area contributed by atoms with Gasteiger partial charge in [0.2, 0.25) is 0 Å². The Morgan fingerprint density at radius 2 is 1.93 bits per heavy atom. The van der Waals surface area contributed by atoms with Crippen molar-refractivity contribution in [3.8, 4) is 0 Å². The molecule has 0 fully saturated rings. The molecule has 88 valence electrons. The van der Waals surface area contributed by atoms with Crippen molar-refractivity contribution in [3.05, 3.63) is 12.2 Å². The molecule has 0 aliphatic carbocycles. The maximum absolute atomic E-state index is 11.0. The van der Waals surface area contributed by atoms with Gasteiger partial charge in [0.15, 0.2) is 0 Å². The number of hydrogen-bond acceptors (Lipinski definition) is 4. The monoisotopic (exact) mass is 214 g/mol. The molecule has 0 saturated heterocycles. The number of esters is 1. The van der Waals surface area contributed by atoms with Gasteiger partial charge < -0.3 is 14.5 Å². The fourth-order valence-electron chi connectivity index (χ4n) is 0.981. The fraction of sp³-hybridized carbons (Fsp3) is 0.727. The summed E-state index contributed by atoms with van der Waals surface area (Å²) in [5, 5.41) is 0. The number of likely N-dealkylation sites (N-methyl/N-ethyl adjacent to an activating group) is 2. The van der Waals surface area contributed by atoms with Crippen LogP contribution in [0.3, 0.4) is 0 Å². The fourth-order valence-corrected chi connectivity index (χ4v) is 0.981. The van der Waals surface area contributed by atoms with Gasteiger partial charge in [-0.1, -0.05) is 6.08 Å². The Morgan fingerprint density at radius 1 is 1.27 bits per heavy atom. The number of ether oxygens (including phenoxy) is 1.